The average Bonchev–Trinajstić information content (AvgIpc) is 2.96. The van der Waals surface area contributed by atoms with E-state index in [0.717, 1.165) is 32.5 Å². The van der Waals surface area contributed by atoms with Crippen LogP contribution in [0.3, 0.4) is 0 Å². The molecule has 0 bridgehead atoms. The summed E-state index contributed by atoms with van der Waals surface area (Å²) in [5, 5.41) is 5.59. The van der Waals surface area contributed by atoms with Crippen molar-refractivity contribution in [3.05, 3.63) is 41.1 Å². The molecule has 2 aromatic rings. The number of thiophene rings is 1. The summed E-state index contributed by atoms with van der Waals surface area (Å²) in [5.41, 5.74) is 0. The summed E-state index contributed by atoms with van der Waals surface area (Å²) in [4.78, 5) is 5.48. The van der Waals surface area contributed by atoms with E-state index in [1.165, 1.54) is 4.88 Å². The molecule has 0 fully saturated rings. The van der Waals surface area contributed by atoms with Crippen LogP contribution in [0.1, 0.15) is 11.3 Å². The maximum atomic E-state index is 4.01. The molecular formula is C12H17N3S. The Kier molecular flexibility index (Phi) is 4.58. The Labute approximate surface area is 100 Å². The molecule has 0 aliphatic heterocycles. The van der Waals surface area contributed by atoms with Gasteiger partial charge < -0.3 is 9.88 Å². The zero-order valence-corrected chi connectivity index (χ0v) is 10.1. The molecule has 1 N–H and O–H groups in total. The lowest BCUT2D eigenvalue weighted by Gasteiger charge is -2.04. The molecule has 0 amide bonds. The normalized spacial score (nSPS) is 10.8. The highest BCUT2D eigenvalue weighted by molar-refractivity contribution is 7.09. The predicted octanol–water partition coefficient (Wildman–Crippen LogP) is 2.17. The summed E-state index contributed by atoms with van der Waals surface area (Å²) in [6.45, 7) is 3.19. The number of hydrogen-bond donors (Lipinski definition) is 1. The van der Waals surface area contributed by atoms with E-state index < -0.39 is 0 Å². The van der Waals surface area contributed by atoms with E-state index >= 15 is 0 Å². The third-order valence-corrected chi connectivity index (χ3v) is 3.39. The van der Waals surface area contributed by atoms with Gasteiger partial charge in [0.2, 0.25) is 0 Å². The standard InChI is InChI=1S/C12H17N3S/c1-3-12(16-10-1)4-6-13-5-2-8-15-9-7-14-11-15/h1,3,7,9-11,13H,2,4-6,8H2. The summed E-state index contributed by atoms with van der Waals surface area (Å²) in [6, 6.07) is 4.30. The van der Waals surface area contributed by atoms with Crippen molar-refractivity contribution in [2.45, 2.75) is 19.4 Å². The fourth-order valence-electron chi connectivity index (χ4n) is 1.60. The number of aromatic nitrogens is 2. The third kappa shape index (κ3) is 3.79. The summed E-state index contributed by atoms with van der Waals surface area (Å²) in [6.07, 6.45) is 7.99. The minimum atomic E-state index is 1.05. The lowest BCUT2D eigenvalue weighted by Crippen LogP contribution is -2.19. The molecule has 0 unspecified atom stereocenters. The van der Waals surface area contributed by atoms with Crippen molar-refractivity contribution in [2.24, 2.45) is 0 Å². The first-order valence-corrected chi connectivity index (χ1v) is 6.52. The second-order valence-corrected chi connectivity index (χ2v) is 4.77. The zero-order valence-electron chi connectivity index (χ0n) is 9.30. The molecule has 0 aliphatic carbocycles. The average molecular weight is 235 g/mol. The van der Waals surface area contributed by atoms with Crippen LogP contribution >= 0.6 is 11.3 Å². The summed E-state index contributed by atoms with van der Waals surface area (Å²) < 4.78 is 2.11. The Bertz CT molecular complexity index is 329. The lowest BCUT2D eigenvalue weighted by molar-refractivity contribution is 0.582. The van der Waals surface area contributed by atoms with Crippen LogP contribution in [0.2, 0.25) is 0 Å². The third-order valence-electron chi connectivity index (χ3n) is 2.46. The highest BCUT2D eigenvalue weighted by atomic mass is 32.1. The number of hydrogen-bond acceptors (Lipinski definition) is 3. The molecule has 2 aromatic heterocycles. The summed E-state index contributed by atoms with van der Waals surface area (Å²) in [7, 11) is 0. The van der Waals surface area contributed by atoms with Crippen LogP contribution < -0.4 is 5.32 Å². The van der Waals surface area contributed by atoms with Crippen LogP contribution in [0.4, 0.5) is 0 Å². The van der Waals surface area contributed by atoms with E-state index in [1.54, 1.807) is 0 Å². The van der Waals surface area contributed by atoms with E-state index in [-0.39, 0.29) is 0 Å². The minimum absolute atomic E-state index is 1.05. The fraction of sp³-hybridized carbons (Fsp3) is 0.417. The Morgan fingerprint density at radius 1 is 1.38 bits per heavy atom. The largest absolute Gasteiger partial charge is 0.337 e. The molecule has 2 heterocycles. The van der Waals surface area contributed by atoms with Crippen molar-refractivity contribution in [3.63, 3.8) is 0 Å². The van der Waals surface area contributed by atoms with Crippen LogP contribution in [0.25, 0.3) is 0 Å². The fourth-order valence-corrected chi connectivity index (χ4v) is 2.31. The zero-order chi connectivity index (χ0) is 11.1. The Hall–Kier alpha value is -1.13. The molecule has 0 spiro atoms. The maximum Gasteiger partial charge on any atom is 0.0945 e. The van der Waals surface area contributed by atoms with Crippen molar-refractivity contribution >= 4 is 11.3 Å². The topological polar surface area (TPSA) is 29.9 Å². The molecule has 0 atom stereocenters. The van der Waals surface area contributed by atoms with Crippen LogP contribution in [0.5, 0.6) is 0 Å². The van der Waals surface area contributed by atoms with Crippen LogP contribution in [0.15, 0.2) is 36.2 Å². The van der Waals surface area contributed by atoms with Gasteiger partial charge in [-0.3, -0.25) is 0 Å². The van der Waals surface area contributed by atoms with E-state index in [1.807, 2.05) is 30.1 Å². The molecule has 4 heteroatoms. The minimum Gasteiger partial charge on any atom is -0.337 e. The van der Waals surface area contributed by atoms with Gasteiger partial charge in [-0.15, -0.1) is 11.3 Å². The first kappa shape index (κ1) is 11.4. The van der Waals surface area contributed by atoms with Gasteiger partial charge in [0.1, 0.15) is 0 Å². The first-order chi connectivity index (χ1) is 7.95. The number of nitrogens with one attached hydrogen (secondary N) is 1. The molecule has 86 valence electrons. The van der Waals surface area contributed by atoms with Gasteiger partial charge >= 0.3 is 0 Å². The molecule has 0 saturated carbocycles. The number of nitrogens with zero attached hydrogens (tertiary/aromatic N) is 2. The Morgan fingerprint density at radius 3 is 3.12 bits per heavy atom. The van der Waals surface area contributed by atoms with Gasteiger partial charge in [-0.25, -0.2) is 4.98 Å². The molecule has 0 radical (unpaired) electrons. The van der Waals surface area contributed by atoms with Crippen molar-refractivity contribution < 1.29 is 0 Å². The Morgan fingerprint density at radius 2 is 2.38 bits per heavy atom. The van der Waals surface area contributed by atoms with Crippen LogP contribution in [-0.2, 0) is 13.0 Å². The maximum absolute atomic E-state index is 4.01. The van der Waals surface area contributed by atoms with Crippen LogP contribution in [-0.4, -0.2) is 22.6 Å². The van der Waals surface area contributed by atoms with Crippen molar-refractivity contribution in [3.8, 4) is 0 Å². The Balaban J connectivity index is 1.49. The number of rotatable bonds is 7. The van der Waals surface area contributed by atoms with E-state index in [4.69, 9.17) is 0 Å². The number of imidazole rings is 1. The second-order valence-electron chi connectivity index (χ2n) is 3.73. The van der Waals surface area contributed by atoms with E-state index in [9.17, 15) is 0 Å². The SMILES string of the molecule is c1csc(CCNCCCn2ccnc2)c1. The quantitative estimate of drug-likeness (QED) is 0.745. The van der Waals surface area contributed by atoms with Gasteiger partial charge in [0, 0.05) is 23.8 Å². The molecule has 16 heavy (non-hydrogen) atoms. The van der Waals surface area contributed by atoms with Crippen molar-refractivity contribution in [1.82, 2.24) is 14.9 Å². The van der Waals surface area contributed by atoms with Crippen LogP contribution in [0, 0.1) is 0 Å². The van der Waals surface area contributed by atoms with Crippen molar-refractivity contribution in [2.75, 3.05) is 13.1 Å². The molecule has 3 nitrogen and oxygen atoms in total. The summed E-state index contributed by atoms with van der Waals surface area (Å²) in [5.74, 6) is 0. The van der Waals surface area contributed by atoms with Gasteiger partial charge in [-0.1, -0.05) is 6.07 Å². The molecular weight excluding hydrogens is 218 g/mol. The van der Waals surface area contributed by atoms with E-state index in [2.05, 4.69) is 32.4 Å². The monoisotopic (exact) mass is 235 g/mol. The number of aryl methyl sites for hydroxylation is 1. The lowest BCUT2D eigenvalue weighted by atomic mass is 10.3. The first-order valence-electron chi connectivity index (χ1n) is 5.64. The van der Waals surface area contributed by atoms with Gasteiger partial charge in [0.15, 0.2) is 0 Å². The molecule has 0 aliphatic rings. The van der Waals surface area contributed by atoms with Gasteiger partial charge in [0.05, 0.1) is 6.33 Å². The van der Waals surface area contributed by atoms with Gasteiger partial charge in [-0.05, 0) is 37.4 Å². The smallest absolute Gasteiger partial charge is 0.0945 e. The molecule has 0 saturated heterocycles. The molecule has 2 rings (SSSR count). The van der Waals surface area contributed by atoms with Gasteiger partial charge in [0.25, 0.3) is 0 Å². The second kappa shape index (κ2) is 6.45. The van der Waals surface area contributed by atoms with Gasteiger partial charge in [-0.2, -0.15) is 0 Å². The summed E-state index contributed by atoms with van der Waals surface area (Å²) >= 11 is 1.83. The molecule has 0 aromatic carbocycles. The highest BCUT2D eigenvalue weighted by Gasteiger charge is 1.93. The van der Waals surface area contributed by atoms with Crippen molar-refractivity contribution in [1.29, 1.82) is 0 Å². The van der Waals surface area contributed by atoms with E-state index in [0.29, 0.717) is 0 Å². The predicted molar refractivity (Wildman–Crippen MR) is 67.7 cm³/mol. The highest BCUT2D eigenvalue weighted by Crippen LogP contribution is 2.07.